The van der Waals surface area contributed by atoms with Gasteiger partial charge >= 0.3 is 5.97 Å². The largest absolute Gasteiger partial charge is 0.493 e. The smallest absolute Gasteiger partial charge is 0.314 e. The molecule has 176 valence electrons. The molecule has 3 aromatic rings. The number of hydrogen-bond acceptors (Lipinski definition) is 5. The Morgan fingerprint density at radius 1 is 0.971 bits per heavy atom. The van der Waals surface area contributed by atoms with E-state index in [-0.39, 0.29) is 23.8 Å². The number of esters is 1. The second kappa shape index (κ2) is 10.4. The molecule has 34 heavy (non-hydrogen) atoms. The van der Waals surface area contributed by atoms with Crippen molar-refractivity contribution in [3.8, 4) is 11.5 Å². The third-order valence-electron chi connectivity index (χ3n) is 6.20. The number of benzene rings is 3. The van der Waals surface area contributed by atoms with E-state index >= 15 is 0 Å². The third kappa shape index (κ3) is 4.76. The molecule has 0 aromatic heterocycles. The molecule has 1 aliphatic carbocycles. The van der Waals surface area contributed by atoms with E-state index in [1.165, 1.54) is 0 Å². The highest BCUT2D eigenvalue weighted by atomic mass is 16.5. The number of ether oxygens (including phenoxy) is 3. The van der Waals surface area contributed by atoms with Gasteiger partial charge in [0.1, 0.15) is 0 Å². The summed E-state index contributed by atoms with van der Waals surface area (Å²) < 4.78 is 16.2. The monoisotopic (exact) mass is 459 g/mol. The van der Waals surface area contributed by atoms with Crippen LogP contribution >= 0.6 is 0 Å². The molecule has 0 spiro atoms. The van der Waals surface area contributed by atoms with E-state index < -0.39 is 5.92 Å². The van der Waals surface area contributed by atoms with Gasteiger partial charge in [0, 0.05) is 11.6 Å². The summed E-state index contributed by atoms with van der Waals surface area (Å²) in [5.74, 6) is 0.0647. The maximum absolute atomic E-state index is 13.1. The number of carbonyl (C=O) groups excluding carboxylic acids is 2. The van der Waals surface area contributed by atoms with E-state index in [9.17, 15) is 9.59 Å². The molecule has 0 heterocycles. The standard InChI is InChI=1S/C28H29NO5/c1-4-34-28(31)26(20-13-15-24(32-2)25(17-20)33-3)19-12-14-21(16-19)29-27(30)23-11-7-9-18-8-5-6-10-22(18)23/h5-15,17,19,21,26H,4,16H2,1-3H3,(H,29,30). The number of hydrogen-bond donors (Lipinski definition) is 1. The number of allylic oxidation sites excluding steroid dienone is 1. The molecule has 6 heteroatoms. The first-order valence-electron chi connectivity index (χ1n) is 11.4. The summed E-state index contributed by atoms with van der Waals surface area (Å²) >= 11 is 0. The van der Waals surface area contributed by atoms with Gasteiger partial charge in [-0.3, -0.25) is 9.59 Å². The van der Waals surface area contributed by atoms with Crippen LogP contribution in [0.2, 0.25) is 0 Å². The van der Waals surface area contributed by atoms with Gasteiger partial charge in [-0.2, -0.15) is 0 Å². The molecule has 4 rings (SSSR count). The summed E-state index contributed by atoms with van der Waals surface area (Å²) in [5.41, 5.74) is 1.42. The van der Waals surface area contributed by atoms with Crippen LogP contribution in [-0.4, -0.2) is 38.7 Å². The summed E-state index contributed by atoms with van der Waals surface area (Å²) in [4.78, 5) is 26.1. The summed E-state index contributed by atoms with van der Waals surface area (Å²) in [6.07, 6.45) is 4.54. The average Bonchev–Trinajstić information content (AvgIpc) is 3.31. The van der Waals surface area contributed by atoms with Crippen molar-refractivity contribution >= 4 is 22.6 Å². The third-order valence-corrected chi connectivity index (χ3v) is 6.20. The lowest BCUT2D eigenvalue weighted by atomic mass is 9.85. The summed E-state index contributed by atoms with van der Waals surface area (Å²) in [6.45, 7) is 2.08. The zero-order valence-electron chi connectivity index (χ0n) is 19.6. The van der Waals surface area contributed by atoms with Gasteiger partial charge in [-0.05, 0) is 53.8 Å². The van der Waals surface area contributed by atoms with Crippen LogP contribution in [0.15, 0.2) is 72.8 Å². The Morgan fingerprint density at radius 2 is 1.74 bits per heavy atom. The van der Waals surface area contributed by atoms with Crippen LogP contribution < -0.4 is 14.8 Å². The molecule has 0 bridgehead atoms. The highest BCUT2D eigenvalue weighted by Gasteiger charge is 2.35. The average molecular weight is 460 g/mol. The Balaban J connectivity index is 1.54. The molecular weight excluding hydrogens is 430 g/mol. The van der Waals surface area contributed by atoms with Crippen LogP contribution in [0.1, 0.15) is 35.2 Å². The predicted molar refractivity (Wildman–Crippen MR) is 131 cm³/mol. The van der Waals surface area contributed by atoms with Gasteiger partial charge in [0.05, 0.1) is 26.7 Å². The Labute approximate surface area is 199 Å². The fraction of sp³-hybridized carbons (Fsp3) is 0.286. The van der Waals surface area contributed by atoms with E-state index in [0.717, 1.165) is 16.3 Å². The lowest BCUT2D eigenvalue weighted by molar-refractivity contribution is -0.146. The van der Waals surface area contributed by atoms with E-state index in [1.54, 1.807) is 27.2 Å². The fourth-order valence-corrected chi connectivity index (χ4v) is 4.59. The quantitative estimate of drug-likeness (QED) is 0.384. The van der Waals surface area contributed by atoms with Gasteiger partial charge < -0.3 is 19.5 Å². The van der Waals surface area contributed by atoms with Crippen molar-refractivity contribution in [2.45, 2.75) is 25.3 Å². The first kappa shape index (κ1) is 23.4. The first-order valence-corrected chi connectivity index (χ1v) is 11.4. The number of carbonyl (C=O) groups is 2. The lowest BCUT2D eigenvalue weighted by Gasteiger charge is -2.23. The van der Waals surface area contributed by atoms with Crippen LogP contribution in [0.25, 0.3) is 10.8 Å². The van der Waals surface area contributed by atoms with E-state index in [2.05, 4.69) is 5.32 Å². The van der Waals surface area contributed by atoms with Gasteiger partial charge in [0.2, 0.25) is 0 Å². The molecule has 6 nitrogen and oxygen atoms in total. The first-order chi connectivity index (χ1) is 16.5. The van der Waals surface area contributed by atoms with Crippen molar-refractivity contribution in [3.63, 3.8) is 0 Å². The number of rotatable bonds is 8. The van der Waals surface area contributed by atoms with E-state index in [1.807, 2.05) is 66.7 Å². The maximum atomic E-state index is 13.1. The molecule has 0 aliphatic heterocycles. The van der Waals surface area contributed by atoms with Crippen molar-refractivity contribution in [3.05, 3.63) is 83.9 Å². The molecular formula is C28H29NO5. The molecule has 1 amide bonds. The van der Waals surface area contributed by atoms with Crippen LogP contribution in [-0.2, 0) is 9.53 Å². The van der Waals surface area contributed by atoms with Gasteiger partial charge in [0.25, 0.3) is 5.91 Å². The van der Waals surface area contributed by atoms with Gasteiger partial charge in [-0.25, -0.2) is 0 Å². The van der Waals surface area contributed by atoms with Crippen molar-refractivity contribution in [1.82, 2.24) is 5.32 Å². The molecule has 0 radical (unpaired) electrons. The molecule has 0 saturated heterocycles. The lowest BCUT2D eigenvalue weighted by Crippen LogP contribution is -2.34. The van der Waals surface area contributed by atoms with E-state index in [0.29, 0.717) is 30.1 Å². The molecule has 3 unspecified atom stereocenters. The Kier molecular flexibility index (Phi) is 7.16. The van der Waals surface area contributed by atoms with Gasteiger partial charge in [-0.1, -0.05) is 54.6 Å². The summed E-state index contributed by atoms with van der Waals surface area (Å²) in [7, 11) is 3.14. The second-order valence-corrected chi connectivity index (χ2v) is 8.24. The van der Waals surface area contributed by atoms with Crippen molar-refractivity contribution < 1.29 is 23.8 Å². The van der Waals surface area contributed by atoms with Crippen LogP contribution in [0.4, 0.5) is 0 Å². The minimum atomic E-state index is -0.518. The number of methoxy groups -OCH3 is 2. The normalized spacial score (nSPS) is 17.9. The van der Waals surface area contributed by atoms with Crippen molar-refractivity contribution in [2.24, 2.45) is 5.92 Å². The Bertz CT molecular complexity index is 1210. The highest BCUT2D eigenvalue weighted by Crippen LogP contribution is 2.38. The zero-order valence-corrected chi connectivity index (χ0v) is 19.6. The summed E-state index contributed by atoms with van der Waals surface area (Å²) in [5, 5.41) is 5.04. The van der Waals surface area contributed by atoms with Gasteiger partial charge in [0.15, 0.2) is 11.5 Å². The topological polar surface area (TPSA) is 73.9 Å². The van der Waals surface area contributed by atoms with Crippen molar-refractivity contribution in [1.29, 1.82) is 0 Å². The molecule has 3 aromatic carbocycles. The van der Waals surface area contributed by atoms with Crippen LogP contribution in [0.5, 0.6) is 11.5 Å². The van der Waals surface area contributed by atoms with E-state index in [4.69, 9.17) is 14.2 Å². The summed E-state index contributed by atoms with van der Waals surface area (Å²) in [6, 6.07) is 18.8. The predicted octanol–water partition coefficient (Wildman–Crippen LogP) is 4.88. The molecule has 0 fully saturated rings. The van der Waals surface area contributed by atoms with Crippen molar-refractivity contribution in [2.75, 3.05) is 20.8 Å². The minimum absolute atomic E-state index is 0.130. The number of nitrogens with one attached hydrogen (secondary N) is 1. The highest BCUT2D eigenvalue weighted by molar-refractivity contribution is 6.07. The fourth-order valence-electron chi connectivity index (χ4n) is 4.59. The maximum Gasteiger partial charge on any atom is 0.314 e. The Morgan fingerprint density at radius 3 is 2.50 bits per heavy atom. The number of amides is 1. The second-order valence-electron chi connectivity index (χ2n) is 8.24. The Hall–Kier alpha value is -3.80. The van der Waals surface area contributed by atoms with Crippen LogP contribution in [0.3, 0.4) is 0 Å². The SMILES string of the molecule is CCOC(=O)C(c1ccc(OC)c(OC)c1)C1C=CC(NC(=O)c2cccc3ccccc23)C1. The molecule has 0 saturated carbocycles. The zero-order chi connectivity index (χ0) is 24.1. The minimum Gasteiger partial charge on any atom is -0.493 e. The molecule has 1 N–H and O–H groups in total. The van der Waals surface area contributed by atoms with Crippen LogP contribution in [0, 0.1) is 5.92 Å². The molecule has 1 aliphatic rings. The van der Waals surface area contributed by atoms with Gasteiger partial charge in [-0.15, -0.1) is 0 Å². The number of fused-ring (bicyclic) bond motifs is 1. The molecule has 3 atom stereocenters.